The monoisotopic (exact) mass is 386 g/mol. The van der Waals surface area contributed by atoms with E-state index in [-0.39, 0.29) is 6.17 Å². The van der Waals surface area contributed by atoms with Crippen LogP contribution in [-0.2, 0) is 4.79 Å². The maximum Gasteiger partial charge on any atom is 0.328 e. The molecule has 0 saturated heterocycles. The number of fused-ring (bicyclic) bond motifs is 1. The lowest BCUT2D eigenvalue weighted by Crippen LogP contribution is -2.61. The van der Waals surface area contributed by atoms with Crippen LogP contribution in [0.2, 0.25) is 0 Å². The number of nitrogens with one attached hydrogen (secondary N) is 2. The fourth-order valence-corrected chi connectivity index (χ4v) is 3.32. The molecule has 5 N–H and O–H groups in total. The molecule has 0 fully saturated rings. The lowest BCUT2D eigenvalue weighted by atomic mass is 10.1. The summed E-state index contributed by atoms with van der Waals surface area (Å²) in [7, 11) is 0. The molecule has 2 aliphatic rings. The summed E-state index contributed by atoms with van der Waals surface area (Å²) in [5.74, 6) is -0.601. The molecule has 3 unspecified atom stereocenters. The first-order chi connectivity index (χ1) is 13.4. The number of hydroxylamine groups is 2. The van der Waals surface area contributed by atoms with Crippen molar-refractivity contribution >= 4 is 17.9 Å². The lowest BCUT2D eigenvalue weighted by molar-refractivity contribution is -0.131. The number of benzene rings is 1. The van der Waals surface area contributed by atoms with Gasteiger partial charge >= 0.3 is 5.97 Å². The van der Waals surface area contributed by atoms with E-state index in [1.54, 1.807) is 24.3 Å². The van der Waals surface area contributed by atoms with Crippen LogP contribution in [0.15, 0.2) is 46.7 Å². The van der Waals surface area contributed by atoms with Crippen molar-refractivity contribution in [3.63, 3.8) is 0 Å². The number of nitrogens with zero attached hydrogens (tertiary/aromatic N) is 2. The van der Waals surface area contributed by atoms with Gasteiger partial charge in [0.25, 0.3) is 0 Å². The molecule has 0 spiro atoms. The number of amidine groups is 1. The van der Waals surface area contributed by atoms with Crippen molar-refractivity contribution in [2.45, 2.75) is 51.5 Å². The molecule has 3 rings (SSSR count). The predicted molar refractivity (Wildman–Crippen MR) is 105 cm³/mol. The molecule has 2 aliphatic heterocycles. The first kappa shape index (κ1) is 20.1. The summed E-state index contributed by atoms with van der Waals surface area (Å²) in [4.78, 5) is 15.3. The minimum absolute atomic E-state index is 0.368. The second-order valence-corrected chi connectivity index (χ2v) is 6.85. The maximum absolute atomic E-state index is 10.7. The number of aliphatic hydroxyl groups is 1. The van der Waals surface area contributed by atoms with E-state index in [0.29, 0.717) is 23.5 Å². The Morgan fingerprint density at radius 2 is 2.04 bits per heavy atom. The summed E-state index contributed by atoms with van der Waals surface area (Å²) in [6.45, 7) is 3.97. The van der Waals surface area contributed by atoms with Gasteiger partial charge in [0.2, 0.25) is 0 Å². The van der Waals surface area contributed by atoms with Crippen molar-refractivity contribution in [3.8, 4) is 0 Å². The van der Waals surface area contributed by atoms with Gasteiger partial charge in [-0.2, -0.15) is 0 Å². The summed E-state index contributed by atoms with van der Waals surface area (Å²) in [5.41, 5.74) is 3.08. The standard InChI is InChI=1S/C20H26N4O4/c1-3-5-14-17-20(23-18(21-14)15(25)4-2)24(28)19(22-17)13-9-6-12(7-10-13)8-11-16(26)27/h6-11,15,18,20-21,23,25,28H,3-5H2,1-2H3,(H,26,27)/b11-8+. The van der Waals surface area contributed by atoms with Gasteiger partial charge in [-0.15, -0.1) is 0 Å². The Morgan fingerprint density at radius 1 is 1.32 bits per heavy atom. The molecular weight excluding hydrogens is 360 g/mol. The van der Waals surface area contributed by atoms with Crippen LogP contribution in [0.4, 0.5) is 0 Å². The lowest BCUT2D eigenvalue weighted by Gasteiger charge is -2.36. The van der Waals surface area contributed by atoms with Crippen molar-refractivity contribution in [2.75, 3.05) is 0 Å². The number of aliphatic carboxylic acids is 1. The van der Waals surface area contributed by atoms with Crippen molar-refractivity contribution < 1.29 is 20.2 Å². The van der Waals surface area contributed by atoms with E-state index in [0.717, 1.165) is 35.2 Å². The van der Waals surface area contributed by atoms with Gasteiger partial charge in [0, 0.05) is 17.3 Å². The maximum atomic E-state index is 10.7. The molecule has 150 valence electrons. The normalized spacial score (nSPS) is 22.9. The van der Waals surface area contributed by atoms with Crippen LogP contribution >= 0.6 is 0 Å². The topological polar surface area (TPSA) is 117 Å². The van der Waals surface area contributed by atoms with Gasteiger partial charge in [-0.1, -0.05) is 44.5 Å². The van der Waals surface area contributed by atoms with E-state index in [2.05, 4.69) is 22.5 Å². The minimum Gasteiger partial charge on any atom is -0.478 e. The Balaban J connectivity index is 1.88. The van der Waals surface area contributed by atoms with E-state index in [1.807, 2.05) is 6.92 Å². The third kappa shape index (κ3) is 4.09. The highest BCUT2D eigenvalue weighted by molar-refractivity contribution is 6.01. The summed E-state index contributed by atoms with van der Waals surface area (Å²) >= 11 is 0. The number of hydrogen-bond acceptors (Lipinski definition) is 7. The predicted octanol–water partition coefficient (Wildman–Crippen LogP) is 1.86. The van der Waals surface area contributed by atoms with Crippen LogP contribution in [0.25, 0.3) is 6.08 Å². The highest BCUT2D eigenvalue weighted by Gasteiger charge is 2.40. The first-order valence-corrected chi connectivity index (χ1v) is 9.46. The van der Waals surface area contributed by atoms with Gasteiger partial charge in [-0.25, -0.2) is 14.9 Å². The van der Waals surface area contributed by atoms with E-state index >= 15 is 0 Å². The van der Waals surface area contributed by atoms with Crippen molar-refractivity contribution in [1.82, 2.24) is 15.7 Å². The fourth-order valence-electron chi connectivity index (χ4n) is 3.32. The third-order valence-electron chi connectivity index (χ3n) is 4.81. The Bertz CT molecular complexity index is 816. The SMILES string of the molecule is CCCC1=C2N=C(c3ccc(/C=C/C(=O)O)cc3)N(O)C2NC(C(O)CC)N1. The number of rotatable bonds is 7. The number of carbonyl (C=O) groups is 1. The average molecular weight is 386 g/mol. The number of carboxylic acids is 1. The van der Waals surface area contributed by atoms with E-state index < -0.39 is 18.2 Å². The number of hydrogen-bond donors (Lipinski definition) is 5. The smallest absolute Gasteiger partial charge is 0.328 e. The van der Waals surface area contributed by atoms with Crippen molar-refractivity contribution in [2.24, 2.45) is 4.99 Å². The van der Waals surface area contributed by atoms with Crippen molar-refractivity contribution in [1.29, 1.82) is 0 Å². The number of aliphatic imine (C=N–C) groups is 1. The molecule has 0 saturated carbocycles. The third-order valence-corrected chi connectivity index (χ3v) is 4.81. The fraction of sp³-hybridized carbons (Fsp3) is 0.400. The average Bonchev–Trinajstić information content (AvgIpc) is 3.03. The number of carboxylic acid groups (broad SMARTS) is 1. The second-order valence-electron chi connectivity index (χ2n) is 6.85. The molecule has 28 heavy (non-hydrogen) atoms. The van der Waals surface area contributed by atoms with Crippen molar-refractivity contribution in [3.05, 3.63) is 52.9 Å². The van der Waals surface area contributed by atoms with Crippen LogP contribution in [0, 0.1) is 0 Å². The summed E-state index contributed by atoms with van der Waals surface area (Å²) in [5, 5.41) is 37.3. The molecule has 1 aromatic carbocycles. The quantitative estimate of drug-likeness (QED) is 0.454. The van der Waals surface area contributed by atoms with Gasteiger partial charge in [0.05, 0.1) is 6.10 Å². The largest absolute Gasteiger partial charge is 0.478 e. The summed E-state index contributed by atoms with van der Waals surface area (Å²) in [6.07, 6.45) is 3.35. The zero-order valence-electron chi connectivity index (χ0n) is 16.0. The summed E-state index contributed by atoms with van der Waals surface area (Å²) < 4.78 is 0. The Labute approximate surface area is 163 Å². The number of aliphatic hydroxyl groups excluding tert-OH is 1. The van der Waals surface area contributed by atoms with E-state index in [1.165, 1.54) is 6.08 Å². The first-order valence-electron chi connectivity index (χ1n) is 9.46. The van der Waals surface area contributed by atoms with E-state index in [4.69, 9.17) is 5.11 Å². The van der Waals surface area contributed by atoms with Crippen LogP contribution < -0.4 is 10.6 Å². The second kappa shape index (κ2) is 8.55. The Morgan fingerprint density at radius 3 is 2.64 bits per heavy atom. The van der Waals surface area contributed by atoms with E-state index in [9.17, 15) is 15.1 Å². The number of allylic oxidation sites excluding steroid dienone is 1. The molecule has 8 heteroatoms. The zero-order valence-corrected chi connectivity index (χ0v) is 16.0. The molecule has 0 aliphatic carbocycles. The molecular formula is C20H26N4O4. The Hall–Kier alpha value is -2.68. The summed E-state index contributed by atoms with van der Waals surface area (Å²) in [6, 6.07) is 7.10. The van der Waals surface area contributed by atoms with Gasteiger partial charge in [0.1, 0.15) is 11.9 Å². The van der Waals surface area contributed by atoms with Crippen LogP contribution in [0.3, 0.4) is 0 Å². The van der Waals surface area contributed by atoms with Crippen LogP contribution in [-0.4, -0.2) is 50.7 Å². The van der Waals surface area contributed by atoms with Gasteiger partial charge in [-0.3, -0.25) is 10.5 Å². The van der Waals surface area contributed by atoms with Crippen LogP contribution in [0.1, 0.15) is 44.2 Å². The highest BCUT2D eigenvalue weighted by Crippen LogP contribution is 2.29. The molecule has 2 heterocycles. The molecule has 0 bridgehead atoms. The molecule has 1 aromatic rings. The van der Waals surface area contributed by atoms with Gasteiger partial charge in [0.15, 0.2) is 12.0 Å². The molecule has 3 atom stereocenters. The van der Waals surface area contributed by atoms with Gasteiger partial charge in [-0.05, 0) is 24.5 Å². The molecule has 0 radical (unpaired) electrons. The highest BCUT2D eigenvalue weighted by atomic mass is 16.5. The van der Waals surface area contributed by atoms with Gasteiger partial charge < -0.3 is 15.5 Å². The zero-order chi connectivity index (χ0) is 20.3. The Kier molecular flexibility index (Phi) is 6.13. The minimum atomic E-state index is -1.01. The molecule has 8 nitrogen and oxygen atoms in total. The molecule has 0 amide bonds. The van der Waals surface area contributed by atoms with Crippen LogP contribution in [0.5, 0.6) is 0 Å². The molecule has 0 aromatic heterocycles.